The monoisotopic (exact) mass is 327 g/mol. The molecule has 0 saturated carbocycles. The average molecular weight is 327 g/mol. The number of carbonyl (C=O) groups is 1. The molecule has 0 fully saturated rings. The van der Waals surface area contributed by atoms with Crippen molar-refractivity contribution in [3.63, 3.8) is 0 Å². The summed E-state index contributed by atoms with van der Waals surface area (Å²) < 4.78 is 2.06. The molecule has 0 spiro atoms. The van der Waals surface area contributed by atoms with Crippen molar-refractivity contribution < 1.29 is 4.79 Å². The highest BCUT2D eigenvalue weighted by Crippen LogP contribution is 2.29. The molecule has 0 radical (unpaired) electrons. The van der Waals surface area contributed by atoms with Crippen LogP contribution in [0, 0.1) is 6.92 Å². The summed E-state index contributed by atoms with van der Waals surface area (Å²) >= 11 is 0. The highest BCUT2D eigenvalue weighted by atomic mass is 16.1. The zero-order chi connectivity index (χ0) is 17.9. The molecule has 2 rings (SSSR count). The number of aromatic nitrogens is 1. The van der Waals surface area contributed by atoms with Crippen LogP contribution in [0.15, 0.2) is 30.9 Å². The van der Waals surface area contributed by atoms with E-state index in [0.29, 0.717) is 19.0 Å². The quantitative estimate of drug-likeness (QED) is 0.790. The van der Waals surface area contributed by atoms with E-state index in [1.165, 1.54) is 5.56 Å². The van der Waals surface area contributed by atoms with Crippen molar-refractivity contribution in [3.8, 4) is 0 Å². The lowest BCUT2D eigenvalue weighted by atomic mass is 10.0. The Morgan fingerprint density at radius 1 is 1.38 bits per heavy atom. The lowest BCUT2D eigenvalue weighted by molar-refractivity contribution is 0.0942. The summed E-state index contributed by atoms with van der Waals surface area (Å²) in [5, 5.41) is 4.19. The maximum Gasteiger partial charge on any atom is 0.268 e. The molecular weight excluding hydrogens is 298 g/mol. The van der Waals surface area contributed by atoms with Crippen LogP contribution in [-0.2, 0) is 6.54 Å². The van der Waals surface area contributed by atoms with E-state index in [4.69, 9.17) is 0 Å². The third-order valence-corrected chi connectivity index (χ3v) is 4.38. The number of nitrogens with one attached hydrogen (secondary N) is 1. The summed E-state index contributed by atoms with van der Waals surface area (Å²) in [5.74, 6) is 0.451. The van der Waals surface area contributed by atoms with E-state index in [9.17, 15) is 4.79 Å². The molecule has 1 N–H and O–H groups in total. The smallest absolute Gasteiger partial charge is 0.268 e. The molecule has 1 aromatic heterocycles. The van der Waals surface area contributed by atoms with Gasteiger partial charge in [-0.05, 0) is 50.2 Å². The molecule has 2 aromatic rings. The zero-order valence-corrected chi connectivity index (χ0v) is 15.5. The van der Waals surface area contributed by atoms with Gasteiger partial charge in [-0.2, -0.15) is 0 Å². The number of hydrogen-bond donors (Lipinski definition) is 1. The van der Waals surface area contributed by atoms with E-state index < -0.39 is 0 Å². The van der Waals surface area contributed by atoms with Gasteiger partial charge in [-0.25, -0.2) is 0 Å². The third-order valence-electron chi connectivity index (χ3n) is 4.38. The number of carbonyl (C=O) groups excluding carboxylic acids is 1. The number of allylic oxidation sites excluding steroid dienone is 1. The van der Waals surface area contributed by atoms with E-state index in [1.54, 1.807) is 0 Å². The minimum Gasteiger partial charge on any atom is -0.349 e. The van der Waals surface area contributed by atoms with E-state index in [-0.39, 0.29) is 5.91 Å². The van der Waals surface area contributed by atoms with Crippen molar-refractivity contribution in [1.29, 1.82) is 0 Å². The summed E-state index contributed by atoms with van der Waals surface area (Å²) in [5.41, 5.74) is 4.16. The largest absolute Gasteiger partial charge is 0.349 e. The van der Waals surface area contributed by atoms with Gasteiger partial charge in [0.25, 0.3) is 5.91 Å². The van der Waals surface area contributed by atoms with Crippen molar-refractivity contribution in [2.75, 3.05) is 27.2 Å². The highest BCUT2D eigenvalue weighted by Gasteiger charge is 2.20. The number of amides is 1. The van der Waals surface area contributed by atoms with Gasteiger partial charge in [-0.3, -0.25) is 4.79 Å². The Bertz CT molecular complexity index is 741. The standard InChI is InChI=1S/C20H29N3O/c1-7-11-23-18-9-8-16(14(2)3)13-17(18)15(4)19(23)20(24)21-10-12-22(5)6/h7-9,13-14H,1,10-12H2,2-6H3,(H,21,24). The molecule has 0 bridgehead atoms. The van der Waals surface area contributed by atoms with Gasteiger partial charge in [0, 0.05) is 30.5 Å². The molecule has 0 aliphatic heterocycles. The van der Waals surface area contributed by atoms with Crippen molar-refractivity contribution >= 4 is 16.8 Å². The first-order valence-corrected chi connectivity index (χ1v) is 8.53. The molecule has 24 heavy (non-hydrogen) atoms. The third kappa shape index (κ3) is 3.70. The van der Waals surface area contributed by atoms with Gasteiger partial charge in [0.2, 0.25) is 0 Å². The second-order valence-electron chi connectivity index (χ2n) is 6.86. The van der Waals surface area contributed by atoms with Crippen LogP contribution in [0.4, 0.5) is 0 Å². The van der Waals surface area contributed by atoms with Gasteiger partial charge in [-0.15, -0.1) is 6.58 Å². The Balaban J connectivity index is 2.47. The van der Waals surface area contributed by atoms with Crippen molar-refractivity contribution in [2.45, 2.75) is 33.2 Å². The first-order valence-electron chi connectivity index (χ1n) is 8.53. The number of hydrogen-bond acceptors (Lipinski definition) is 2. The van der Waals surface area contributed by atoms with Crippen LogP contribution in [0.5, 0.6) is 0 Å². The van der Waals surface area contributed by atoms with Crippen LogP contribution in [0.3, 0.4) is 0 Å². The minimum atomic E-state index is -0.0153. The molecule has 0 atom stereocenters. The number of likely N-dealkylation sites (N-methyl/N-ethyl adjacent to an activating group) is 1. The normalized spacial score (nSPS) is 11.5. The lowest BCUT2D eigenvalue weighted by Gasteiger charge is -2.12. The molecule has 1 heterocycles. The fourth-order valence-corrected chi connectivity index (χ4v) is 2.99. The van der Waals surface area contributed by atoms with Gasteiger partial charge in [0.1, 0.15) is 5.69 Å². The number of fused-ring (bicyclic) bond motifs is 1. The number of benzene rings is 1. The summed E-state index contributed by atoms with van der Waals surface area (Å²) in [4.78, 5) is 14.8. The van der Waals surface area contributed by atoms with Gasteiger partial charge in [-0.1, -0.05) is 26.0 Å². The summed E-state index contributed by atoms with van der Waals surface area (Å²) in [6.45, 7) is 12.3. The minimum absolute atomic E-state index is 0.0153. The van der Waals surface area contributed by atoms with Crippen molar-refractivity contribution in [2.24, 2.45) is 0 Å². The van der Waals surface area contributed by atoms with Crippen LogP contribution in [0.25, 0.3) is 10.9 Å². The van der Waals surface area contributed by atoms with Gasteiger partial charge < -0.3 is 14.8 Å². The average Bonchev–Trinajstić information content (AvgIpc) is 2.79. The Morgan fingerprint density at radius 2 is 2.08 bits per heavy atom. The van der Waals surface area contributed by atoms with Gasteiger partial charge in [0.15, 0.2) is 0 Å². The lowest BCUT2D eigenvalue weighted by Crippen LogP contribution is -2.32. The first kappa shape index (κ1) is 18.3. The van der Waals surface area contributed by atoms with E-state index in [2.05, 4.69) is 53.4 Å². The van der Waals surface area contributed by atoms with Crippen LogP contribution < -0.4 is 5.32 Å². The highest BCUT2D eigenvalue weighted by molar-refractivity contribution is 6.01. The second kappa shape index (κ2) is 7.67. The van der Waals surface area contributed by atoms with Crippen molar-refractivity contribution in [3.05, 3.63) is 47.7 Å². The molecule has 1 amide bonds. The van der Waals surface area contributed by atoms with Crippen LogP contribution in [0.1, 0.15) is 41.4 Å². The molecule has 4 heteroatoms. The molecule has 0 aliphatic rings. The Kier molecular flexibility index (Phi) is 5.84. The van der Waals surface area contributed by atoms with Crippen LogP contribution in [-0.4, -0.2) is 42.6 Å². The topological polar surface area (TPSA) is 37.3 Å². The van der Waals surface area contributed by atoms with Gasteiger partial charge >= 0.3 is 0 Å². The molecule has 4 nitrogen and oxygen atoms in total. The van der Waals surface area contributed by atoms with E-state index >= 15 is 0 Å². The predicted octanol–water partition coefficient (Wildman–Crippen LogP) is 3.55. The summed E-state index contributed by atoms with van der Waals surface area (Å²) in [7, 11) is 4.00. The van der Waals surface area contributed by atoms with Crippen LogP contribution in [0.2, 0.25) is 0 Å². The number of nitrogens with zero attached hydrogens (tertiary/aromatic N) is 2. The fraction of sp³-hybridized carbons (Fsp3) is 0.450. The SMILES string of the molecule is C=CCn1c(C(=O)NCCN(C)C)c(C)c2cc(C(C)C)ccc21. The number of aryl methyl sites for hydroxylation is 1. The summed E-state index contributed by atoms with van der Waals surface area (Å²) in [6, 6.07) is 6.49. The fourth-order valence-electron chi connectivity index (χ4n) is 2.99. The summed E-state index contributed by atoms with van der Waals surface area (Å²) in [6.07, 6.45) is 1.84. The Morgan fingerprint density at radius 3 is 2.67 bits per heavy atom. The van der Waals surface area contributed by atoms with Crippen molar-refractivity contribution in [1.82, 2.24) is 14.8 Å². The second-order valence-corrected chi connectivity index (χ2v) is 6.86. The molecule has 1 aromatic carbocycles. The van der Waals surface area contributed by atoms with E-state index in [0.717, 1.165) is 28.7 Å². The molecule has 0 saturated heterocycles. The Labute approximate surface area is 145 Å². The predicted molar refractivity (Wildman–Crippen MR) is 102 cm³/mol. The van der Waals surface area contributed by atoms with E-state index in [1.807, 2.05) is 27.1 Å². The number of rotatable bonds is 7. The first-order chi connectivity index (χ1) is 11.4. The molecule has 0 aliphatic carbocycles. The Hall–Kier alpha value is -2.07. The molecule has 130 valence electrons. The molecule has 0 unspecified atom stereocenters. The zero-order valence-electron chi connectivity index (χ0n) is 15.5. The molecular formula is C20H29N3O. The van der Waals surface area contributed by atoms with Gasteiger partial charge in [0.05, 0.1) is 0 Å². The maximum atomic E-state index is 12.7. The maximum absolute atomic E-state index is 12.7. The van der Waals surface area contributed by atoms with Crippen LogP contribution >= 0.6 is 0 Å².